The van der Waals surface area contributed by atoms with Gasteiger partial charge in [0, 0.05) is 42.9 Å². The summed E-state index contributed by atoms with van der Waals surface area (Å²) in [6.07, 6.45) is 2.26. The lowest BCUT2D eigenvalue weighted by Gasteiger charge is -2.16. The Kier molecular flexibility index (Phi) is 5.32. The smallest absolute Gasteiger partial charge is 0.262 e. The summed E-state index contributed by atoms with van der Waals surface area (Å²) in [5, 5.41) is 2.80. The van der Waals surface area contributed by atoms with Gasteiger partial charge in [0.05, 0.1) is 13.2 Å². The second-order valence-electron chi connectivity index (χ2n) is 6.70. The van der Waals surface area contributed by atoms with Crippen molar-refractivity contribution in [1.29, 1.82) is 0 Å². The molecule has 7 heteroatoms. The van der Waals surface area contributed by atoms with E-state index in [-0.39, 0.29) is 18.4 Å². The minimum absolute atomic E-state index is 0.115. The molecule has 2 aliphatic rings. The Labute approximate surface area is 163 Å². The highest BCUT2D eigenvalue weighted by Crippen LogP contribution is 2.32. The Hall–Kier alpha value is -3.22. The number of ether oxygens (including phenoxy) is 3. The number of amides is 2. The molecule has 1 fully saturated rings. The van der Waals surface area contributed by atoms with Crippen LogP contribution in [-0.2, 0) is 9.59 Å². The molecular formula is C21H22N2O5. The highest BCUT2D eigenvalue weighted by Gasteiger charge is 2.22. The molecule has 2 heterocycles. The van der Waals surface area contributed by atoms with E-state index in [1.807, 2.05) is 12.1 Å². The molecule has 2 aromatic carbocycles. The number of fused-ring (bicyclic) bond motifs is 1. The van der Waals surface area contributed by atoms with Crippen LogP contribution in [0.2, 0.25) is 0 Å². The summed E-state index contributed by atoms with van der Waals surface area (Å²) in [6.45, 7) is 1.79. The highest BCUT2D eigenvalue weighted by atomic mass is 16.5. The molecule has 1 N–H and O–H groups in total. The van der Waals surface area contributed by atoms with Gasteiger partial charge in [0.15, 0.2) is 18.1 Å². The van der Waals surface area contributed by atoms with Gasteiger partial charge in [-0.3, -0.25) is 9.59 Å². The Bertz CT molecular complexity index is 883. The summed E-state index contributed by atoms with van der Waals surface area (Å²) >= 11 is 0. The van der Waals surface area contributed by atoms with Gasteiger partial charge in [-0.05, 0) is 30.7 Å². The van der Waals surface area contributed by atoms with Gasteiger partial charge in [-0.15, -0.1) is 0 Å². The van der Waals surface area contributed by atoms with Crippen LogP contribution in [0.1, 0.15) is 19.3 Å². The van der Waals surface area contributed by atoms with Crippen LogP contribution in [-0.4, -0.2) is 38.2 Å². The third kappa shape index (κ3) is 4.19. The van der Waals surface area contributed by atoms with Gasteiger partial charge in [-0.25, -0.2) is 0 Å². The van der Waals surface area contributed by atoms with Crippen molar-refractivity contribution >= 4 is 23.2 Å². The number of hydrogen-bond acceptors (Lipinski definition) is 5. The van der Waals surface area contributed by atoms with Crippen LogP contribution in [0.25, 0.3) is 0 Å². The molecule has 28 heavy (non-hydrogen) atoms. The van der Waals surface area contributed by atoms with Crippen molar-refractivity contribution in [1.82, 2.24) is 0 Å². The number of rotatable bonds is 5. The number of benzene rings is 2. The van der Waals surface area contributed by atoms with E-state index >= 15 is 0 Å². The van der Waals surface area contributed by atoms with Gasteiger partial charge in [-0.1, -0.05) is 6.07 Å². The molecular weight excluding hydrogens is 360 g/mol. The minimum atomic E-state index is -0.280. The largest absolute Gasteiger partial charge is 0.490 e. The van der Waals surface area contributed by atoms with Crippen molar-refractivity contribution in [2.24, 2.45) is 0 Å². The fourth-order valence-corrected chi connectivity index (χ4v) is 3.25. The molecule has 0 radical (unpaired) electrons. The molecule has 2 amide bonds. The molecule has 2 aromatic rings. The van der Waals surface area contributed by atoms with Crippen molar-refractivity contribution in [3.8, 4) is 17.2 Å². The van der Waals surface area contributed by atoms with Gasteiger partial charge in [0.2, 0.25) is 5.91 Å². The molecule has 0 unspecified atom stereocenters. The van der Waals surface area contributed by atoms with E-state index < -0.39 is 0 Å². The first kappa shape index (κ1) is 18.2. The van der Waals surface area contributed by atoms with E-state index in [0.29, 0.717) is 49.1 Å². The predicted octanol–water partition coefficient (Wildman–Crippen LogP) is 2.99. The maximum atomic E-state index is 12.2. The fourth-order valence-electron chi connectivity index (χ4n) is 3.25. The number of anilines is 2. The average molecular weight is 382 g/mol. The molecule has 0 spiro atoms. The molecule has 2 aliphatic heterocycles. The third-order valence-corrected chi connectivity index (χ3v) is 4.60. The average Bonchev–Trinajstić information content (AvgIpc) is 2.99. The number of carbonyl (C=O) groups excluding carboxylic acids is 2. The van der Waals surface area contributed by atoms with Crippen LogP contribution in [0, 0.1) is 0 Å². The maximum absolute atomic E-state index is 12.2. The van der Waals surface area contributed by atoms with Crippen molar-refractivity contribution in [3.63, 3.8) is 0 Å². The quantitative estimate of drug-likeness (QED) is 0.860. The highest BCUT2D eigenvalue weighted by molar-refractivity contribution is 5.95. The predicted molar refractivity (Wildman–Crippen MR) is 104 cm³/mol. The summed E-state index contributed by atoms with van der Waals surface area (Å²) in [6, 6.07) is 12.5. The SMILES string of the molecule is O=C(COc1cccc(N2CCCC2=O)c1)Nc1ccc2c(c1)OCCCO2. The maximum Gasteiger partial charge on any atom is 0.262 e. The number of nitrogens with zero attached hydrogens (tertiary/aromatic N) is 1. The molecule has 0 saturated carbocycles. The first-order valence-corrected chi connectivity index (χ1v) is 9.42. The van der Waals surface area contributed by atoms with Crippen LogP contribution in [0.15, 0.2) is 42.5 Å². The van der Waals surface area contributed by atoms with Crippen LogP contribution >= 0.6 is 0 Å². The van der Waals surface area contributed by atoms with E-state index in [9.17, 15) is 9.59 Å². The molecule has 0 aliphatic carbocycles. The van der Waals surface area contributed by atoms with E-state index in [2.05, 4.69) is 5.32 Å². The Morgan fingerprint density at radius 2 is 1.93 bits per heavy atom. The molecule has 7 nitrogen and oxygen atoms in total. The Balaban J connectivity index is 1.35. The van der Waals surface area contributed by atoms with Gasteiger partial charge in [0.1, 0.15) is 5.75 Å². The van der Waals surface area contributed by atoms with Gasteiger partial charge in [0.25, 0.3) is 5.91 Å². The van der Waals surface area contributed by atoms with Crippen molar-refractivity contribution < 1.29 is 23.8 Å². The van der Waals surface area contributed by atoms with Gasteiger partial charge in [-0.2, -0.15) is 0 Å². The minimum Gasteiger partial charge on any atom is -0.490 e. The van der Waals surface area contributed by atoms with Gasteiger partial charge < -0.3 is 24.4 Å². The molecule has 0 bridgehead atoms. The second kappa shape index (κ2) is 8.21. The van der Waals surface area contributed by atoms with Crippen LogP contribution in [0.5, 0.6) is 17.2 Å². The second-order valence-corrected chi connectivity index (χ2v) is 6.70. The van der Waals surface area contributed by atoms with E-state index in [1.54, 1.807) is 35.2 Å². The van der Waals surface area contributed by atoms with Crippen molar-refractivity contribution in [2.75, 3.05) is 36.6 Å². The summed E-state index contributed by atoms with van der Waals surface area (Å²) in [5.74, 6) is 1.69. The number of nitrogens with one attached hydrogen (secondary N) is 1. The summed E-state index contributed by atoms with van der Waals surface area (Å²) in [5.41, 5.74) is 1.41. The molecule has 1 saturated heterocycles. The summed E-state index contributed by atoms with van der Waals surface area (Å²) in [7, 11) is 0. The van der Waals surface area contributed by atoms with Crippen LogP contribution in [0.4, 0.5) is 11.4 Å². The van der Waals surface area contributed by atoms with Crippen molar-refractivity contribution in [2.45, 2.75) is 19.3 Å². The lowest BCUT2D eigenvalue weighted by atomic mass is 10.2. The van der Waals surface area contributed by atoms with Crippen LogP contribution in [0.3, 0.4) is 0 Å². The van der Waals surface area contributed by atoms with E-state index in [1.165, 1.54) is 0 Å². The number of carbonyl (C=O) groups is 2. The monoisotopic (exact) mass is 382 g/mol. The fraction of sp³-hybridized carbons (Fsp3) is 0.333. The van der Waals surface area contributed by atoms with Crippen molar-refractivity contribution in [3.05, 3.63) is 42.5 Å². The molecule has 4 rings (SSSR count). The third-order valence-electron chi connectivity index (χ3n) is 4.60. The lowest BCUT2D eigenvalue weighted by Crippen LogP contribution is -2.24. The molecule has 0 atom stereocenters. The zero-order chi connectivity index (χ0) is 19.3. The zero-order valence-electron chi connectivity index (χ0n) is 15.5. The summed E-state index contributed by atoms with van der Waals surface area (Å²) in [4.78, 5) is 25.9. The Morgan fingerprint density at radius 3 is 2.75 bits per heavy atom. The lowest BCUT2D eigenvalue weighted by molar-refractivity contribution is -0.118. The topological polar surface area (TPSA) is 77.1 Å². The number of hydrogen-bond donors (Lipinski definition) is 1. The zero-order valence-corrected chi connectivity index (χ0v) is 15.5. The van der Waals surface area contributed by atoms with Crippen LogP contribution < -0.4 is 24.4 Å². The standard InChI is InChI=1S/C21H22N2O5/c24-20(22-15-7-8-18-19(12-15)27-11-3-10-26-18)14-28-17-5-1-4-16(13-17)23-9-2-6-21(23)25/h1,4-5,7-8,12-13H,2-3,6,9-11,14H2,(H,22,24). The first-order valence-electron chi connectivity index (χ1n) is 9.42. The van der Waals surface area contributed by atoms with E-state index in [4.69, 9.17) is 14.2 Å². The normalized spacial score (nSPS) is 15.9. The summed E-state index contributed by atoms with van der Waals surface area (Å²) < 4.78 is 16.8. The van der Waals surface area contributed by atoms with Gasteiger partial charge >= 0.3 is 0 Å². The molecule has 146 valence electrons. The first-order chi connectivity index (χ1) is 13.7. The van der Waals surface area contributed by atoms with E-state index in [0.717, 1.165) is 18.5 Å². The molecule has 0 aromatic heterocycles. The Morgan fingerprint density at radius 1 is 1.07 bits per heavy atom.